The molecule has 2 N–H and O–H groups in total. The quantitative estimate of drug-likeness (QED) is 0.879. The Morgan fingerprint density at radius 1 is 1.14 bits per heavy atom. The molecular formula is C18H20BrNO2. The summed E-state index contributed by atoms with van der Waals surface area (Å²) in [5, 5.41) is 14.8. The van der Waals surface area contributed by atoms with Gasteiger partial charge in [0.05, 0.1) is 6.61 Å². The second kappa shape index (κ2) is 6.92. The summed E-state index contributed by atoms with van der Waals surface area (Å²) >= 11 is 3.58. The van der Waals surface area contributed by atoms with Crippen molar-refractivity contribution in [1.29, 1.82) is 0 Å². The van der Waals surface area contributed by atoms with Crippen LogP contribution in [0.15, 0.2) is 59.1 Å². The van der Waals surface area contributed by atoms with Gasteiger partial charge in [0.2, 0.25) is 0 Å². The molecule has 0 saturated carbocycles. The van der Waals surface area contributed by atoms with E-state index in [-0.39, 0.29) is 6.10 Å². The van der Waals surface area contributed by atoms with Gasteiger partial charge in [-0.15, -0.1) is 0 Å². The second-order valence-corrected chi connectivity index (χ2v) is 6.48. The summed E-state index contributed by atoms with van der Waals surface area (Å²) < 4.78 is 6.89. The van der Waals surface area contributed by atoms with Gasteiger partial charge in [0.25, 0.3) is 0 Å². The number of hydrogen-bond donors (Lipinski definition) is 2. The molecule has 1 saturated heterocycles. The topological polar surface area (TPSA) is 41.5 Å². The summed E-state index contributed by atoms with van der Waals surface area (Å²) in [6.45, 7) is 2.10. The minimum atomic E-state index is -1.06. The number of ether oxygens (including phenoxy) is 1. The first kappa shape index (κ1) is 15.7. The van der Waals surface area contributed by atoms with Crippen molar-refractivity contribution in [3.63, 3.8) is 0 Å². The highest BCUT2D eigenvalue weighted by atomic mass is 79.9. The molecule has 0 aliphatic carbocycles. The van der Waals surface area contributed by atoms with Gasteiger partial charge in [-0.2, -0.15) is 0 Å². The van der Waals surface area contributed by atoms with Gasteiger partial charge in [-0.05, 0) is 17.2 Å². The standard InChI is InChI=1S/C18H20BrNO2/c19-16-9-5-4-6-14(16)12-18(21,15-7-2-1-3-8-15)17-13-20-10-11-22-17/h1-9,17,20-21H,10-13H2/t17-,18+/m0/s1. The Balaban J connectivity index is 1.97. The largest absolute Gasteiger partial charge is 0.382 e. The van der Waals surface area contributed by atoms with Gasteiger partial charge in [-0.25, -0.2) is 0 Å². The van der Waals surface area contributed by atoms with Crippen molar-refractivity contribution in [1.82, 2.24) is 5.32 Å². The molecule has 3 nitrogen and oxygen atoms in total. The molecule has 0 bridgehead atoms. The normalized spacial score (nSPS) is 21.3. The van der Waals surface area contributed by atoms with Crippen LogP contribution in [0.1, 0.15) is 11.1 Å². The molecule has 2 atom stereocenters. The number of aliphatic hydroxyl groups is 1. The van der Waals surface area contributed by atoms with E-state index in [0.717, 1.165) is 22.1 Å². The van der Waals surface area contributed by atoms with Crippen LogP contribution in [-0.2, 0) is 16.8 Å². The van der Waals surface area contributed by atoms with Crippen LogP contribution in [0.25, 0.3) is 0 Å². The van der Waals surface area contributed by atoms with Crippen LogP contribution in [0.2, 0.25) is 0 Å². The van der Waals surface area contributed by atoms with E-state index in [1.54, 1.807) is 0 Å². The number of morpholine rings is 1. The van der Waals surface area contributed by atoms with E-state index in [2.05, 4.69) is 21.2 Å². The predicted octanol–water partition coefficient (Wildman–Crippen LogP) is 2.87. The lowest BCUT2D eigenvalue weighted by molar-refractivity contribution is -0.124. The zero-order chi connectivity index (χ0) is 15.4. The Bertz CT molecular complexity index is 613. The van der Waals surface area contributed by atoms with Crippen LogP contribution >= 0.6 is 15.9 Å². The Morgan fingerprint density at radius 2 is 1.86 bits per heavy atom. The molecule has 2 aromatic rings. The molecule has 1 heterocycles. The van der Waals surface area contributed by atoms with Gasteiger partial charge >= 0.3 is 0 Å². The summed E-state index contributed by atoms with van der Waals surface area (Å²) in [5.41, 5.74) is 0.904. The number of hydrogen-bond acceptors (Lipinski definition) is 3. The van der Waals surface area contributed by atoms with Crippen molar-refractivity contribution < 1.29 is 9.84 Å². The van der Waals surface area contributed by atoms with Crippen LogP contribution in [0.4, 0.5) is 0 Å². The van der Waals surface area contributed by atoms with E-state index in [9.17, 15) is 5.11 Å². The first-order chi connectivity index (χ1) is 10.7. The highest BCUT2D eigenvalue weighted by Gasteiger charge is 2.40. The molecule has 0 aromatic heterocycles. The number of halogens is 1. The summed E-state index contributed by atoms with van der Waals surface area (Å²) in [6.07, 6.45) is 0.237. The highest BCUT2D eigenvalue weighted by molar-refractivity contribution is 9.10. The maximum Gasteiger partial charge on any atom is 0.121 e. The van der Waals surface area contributed by atoms with E-state index in [1.165, 1.54) is 0 Å². The highest BCUT2D eigenvalue weighted by Crippen LogP contribution is 2.33. The minimum absolute atomic E-state index is 0.268. The van der Waals surface area contributed by atoms with Crippen molar-refractivity contribution in [2.75, 3.05) is 19.7 Å². The Labute approximate surface area is 139 Å². The van der Waals surface area contributed by atoms with Crippen LogP contribution < -0.4 is 5.32 Å². The van der Waals surface area contributed by atoms with Crippen molar-refractivity contribution in [3.8, 4) is 0 Å². The van der Waals surface area contributed by atoms with E-state index >= 15 is 0 Å². The molecule has 22 heavy (non-hydrogen) atoms. The zero-order valence-electron chi connectivity index (χ0n) is 12.3. The van der Waals surface area contributed by atoms with Gasteiger partial charge in [0.15, 0.2) is 0 Å². The van der Waals surface area contributed by atoms with Gasteiger partial charge < -0.3 is 15.2 Å². The molecule has 1 fully saturated rings. The molecule has 1 aliphatic heterocycles. The van der Waals surface area contributed by atoms with Gasteiger partial charge in [0.1, 0.15) is 11.7 Å². The summed E-state index contributed by atoms with van der Waals surface area (Å²) in [7, 11) is 0. The molecule has 116 valence electrons. The third-order valence-electron chi connectivity index (χ3n) is 4.15. The lowest BCUT2D eigenvalue weighted by Gasteiger charge is -2.39. The van der Waals surface area contributed by atoms with Crippen LogP contribution in [-0.4, -0.2) is 30.9 Å². The second-order valence-electron chi connectivity index (χ2n) is 5.62. The molecule has 0 amide bonds. The average Bonchev–Trinajstić information content (AvgIpc) is 2.58. The first-order valence-corrected chi connectivity index (χ1v) is 8.33. The third kappa shape index (κ3) is 3.25. The van der Waals surface area contributed by atoms with E-state index in [4.69, 9.17) is 4.74 Å². The number of benzene rings is 2. The number of rotatable bonds is 4. The van der Waals surface area contributed by atoms with E-state index < -0.39 is 5.60 Å². The lowest BCUT2D eigenvalue weighted by atomic mass is 9.82. The van der Waals surface area contributed by atoms with Crippen LogP contribution in [0.3, 0.4) is 0 Å². The average molecular weight is 362 g/mol. The number of nitrogens with one attached hydrogen (secondary N) is 1. The van der Waals surface area contributed by atoms with Crippen molar-refractivity contribution in [2.45, 2.75) is 18.1 Å². The van der Waals surface area contributed by atoms with E-state index in [1.807, 2.05) is 54.6 Å². The van der Waals surface area contributed by atoms with Crippen molar-refractivity contribution >= 4 is 15.9 Å². The van der Waals surface area contributed by atoms with Crippen molar-refractivity contribution in [2.24, 2.45) is 0 Å². The van der Waals surface area contributed by atoms with Gasteiger partial charge in [0, 0.05) is 24.0 Å². The first-order valence-electron chi connectivity index (χ1n) is 7.54. The smallest absolute Gasteiger partial charge is 0.121 e. The predicted molar refractivity (Wildman–Crippen MR) is 90.8 cm³/mol. The Morgan fingerprint density at radius 3 is 2.55 bits per heavy atom. The van der Waals surface area contributed by atoms with Gasteiger partial charge in [-0.1, -0.05) is 64.5 Å². The molecule has 0 unspecified atom stereocenters. The Hall–Kier alpha value is -1.20. The lowest BCUT2D eigenvalue weighted by Crippen LogP contribution is -2.52. The molecule has 0 radical (unpaired) electrons. The fourth-order valence-electron chi connectivity index (χ4n) is 2.93. The summed E-state index contributed by atoms with van der Waals surface area (Å²) in [4.78, 5) is 0. The molecule has 2 aromatic carbocycles. The molecular weight excluding hydrogens is 342 g/mol. The monoisotopic (exact) mass is 361 g/mol. The maximum absolute atomic E-state index is 11.5. The molecule has 0 spiro atoms. The summed E-state index contributed by atoms with van der Waals surface area (Å²) in [5.74, 6) is 0. The zero-order valence-corrected chi connectivity index (χ0v) is 13.9. The van der Waals surface area contributed by atoms with Gasteiger partial charge in [-0.3, -0.25) is 0 Å². The molecule has 3 rings (SSSR count). The SMILES string of the molecule is O[C@](Cc1ccccc1Br)(c1ccccc1)[C@@H]1CNCCO1. The minimum Gasteiger partial charge on any atom is -0.382 e. The molecule has 1 aliphatic rings. The van der Waals surface area contributed by atoms with Crippen LogP contribution in [0.5, 0.6) is 0 Å². The Kier molecular flexibility index (Phi) is 4.93. The summed E-state index contributed by atoms with van der Waals surface area (Å²) in [6, 6.07) is 17.8. The third-order valence-corrected chi connectivity index (χ3v) is 4.93. The van der Waals surface area contributed by atoms with E-state index in [0.29, 0.717) is 19.6 Å². The van der Waals surface area contributed by atoms with Crippen molar-refractivity contribution in [3.05, 3.63) is 70.2 Å². The maximum atomic E-state index is 11.5. The fraction of sp³-hybridized carbons (Fsp3) is 0.333. The molecule has 4 heteroatoms. The fourth-order valence-corrected chi connectivity index (χ4v) is 3.36. The van der Waals surface area contributed by atoms with Crippen LogP contribution in [0, 0.1) is 0 Å².